The van der Waals surface area contributed by atoms with E-state index in [1.807, 2.05) is 30.3 Å². The molecule has 1 amide bonds. The molecule has 1 aliphatic rings. The number of carbonyl (C=O) groups is 2. The predicted molar refractivity (Wildman–Crippen MR) is 68.8 cm³/mol. The number of hydrogen-bond acceptors (Lipinski definition) is 3. The number of carbonyl (C=O) groups excluding carboxylic acids is 1. The molecule has 1 aliphatic carbocycles. The largest absolute Gasteiger partial charge is 0.493 e. The van der Waals surface area contributed by atoms with Crippen LogP contribution in [-0.4, -0.2) is 29.6 Å². The van der Waals surface area contributed by atoms with Gasteiger partial charge in [0.25, 0.3) is 0 Å². The summed E-state index contributed by atoms with van der Waals surface area (Å²) in [6.45, 7) is 0.243. The first-order valence-electron chi connectivity index (χ1n) is 6.37. The summed E-state index contributed by atoms with van der Waals surface area (Å²) < 4.78 is 5.39. The summed E-state index contributed by atoms with van der Waals surface area (Å²) in [6.07, 6.45) is 1.90. The molecule has 1 aromatic carbocycles. The average molecular weight is 263 g/mol. The number of benzene rings is 1. The molecule has 1 unspecified atom stereocenters. The second-order valence-electron chi connectivity index (χ2n) is 4.63. The van der Waals surface area contributed by atoms with Crippen molar-refractivity contribution in [3.63, 3.8) is 0 Å². The highest BCUT2D eigenvalue weighted by Gasteiger charge is 2.37. The SMILES string of the molecule is O=C(CCOc1ccccc1)NC(C(=O)O)C1CC1. The van der Waals surface area contributed by atoms with Gasteiger partial charge >= 0.3 is 5.97 Å². The molecule has 5 nitrogen and oxygen atoms in total. The molecule has 1 saturated carbocycles. The van der Waals surface area contributed by atoms with Crippen LogP contribution in [0.25, 0.3) is 0 Å². The first-order valence-corrected chi connectivity index (χ1v) is 6.37. The van der Waals surface area contributed by atoms with E-state index in [1.54, 1.807) is 0 Å². The predicted octanol–water partition coefficient (Wildman–Crippen LogP) is 1.43. The Morgan fingerprint density at radius 3 is 2.58 bits per heavy atom. The van der Waals surface area contributed by atoms with Gasteiger partial charge in [-0.2, -0.15) is 0 Å². The molecule has 1 aromatic rings. The number of para-hydroxylation sites is 1. The molecule has 1 atom stereocenters. The third-order valence-electron chi connectivity index (χ3n) is 3.02. The molecule has 0 radical (unpaired) electrons. The third kappa shape index (κ3) is 4.28. The minimum absolute atomic E-state index is 0.0940. The van der Waals surface area contributed by atoms with E-state index >= 15 is 0 Å². The number of carboxylic acids is 1. The number of rotatable bonds is 7. The first-order chi connectivity index (χ1) is 9.16. The summed E-state index contributed by atoms with van der Waals surface area (Å²) in [4.78, 5) is 22.6. The van der Waals surface area contributed by atoms with Crippen molar-refractivity contribution in [2.24, 2.45) is 5.92 Å². The Balaban J connectivity index is 1.71. The van der Waals surface area contributed by atoms with E-state index in [0.717, 1.165) is 12.8 Å². The molecule has 2 N–H and O–H groups in total. The van der Waals surface area contributed by atoms with E-state index < -0.39 is 12.0 Å². The summed E-state index contributed by atoms with van der Waals surface area (Å²) in [5.74, 6) is -0.446. The topological polar surface area (TPSA) is 75.6 Å². The zero-order valence-corrected chi connectivity index (χ0v) is 10.5. The van der Waals surface area contributed by atoms with Gasteiger partial charge in [-0.1, -0.05) is 18.2 Å². The summed E-state index contributed by atoms with van der Waals surface area (Å²) in [5.41, 5.74) is 0. The molecule has 0 saturated heterocycles. The first kappa shape index (κ1) is 13.4. The Labute approximate surface area is 111 Å². The van der Waals surface area contributed by atoms with Gasteiger partial charge in [-0.3, -0.25) is 4.79 Å². The molecule has 5 heteroatoms. The van der Waals surface area contributed by atoms with Gasteiger partial charge in [0, 0.05) is 0 Å². The van der Waals surface area contributed by atoms with Crippen LogP contribution in [0.5, 0.6) is 5.75 Å². The lowest BCUT2D eigenvalue weighted by Gasteiger charge is -2.13. The lowest BCUT2D eigenvalue weighted by atomic mass is 10.2. The van der Waals surface area contributed by atoms with Gasteiger partial charge in [0.15, 0.2) is 0 Å². The molecule has 0 heterocycles. The van der Waals surface area contributed by atoms with Crippen LogP contribution in [-0.2, 0) is 9.59 Å². The molecule has 0 spiro atoms. The highest BCUT2D eigenvalue weighted by molar-refractivity contribution is 5.84. The zero-order chi connectivity index (χ0) is 13.7. The van der Waals surface area contributed by atoms with Gasteiger partial charge in [0.1, 0.15) is 11.8 Å². The quantitative estimate of drug-likeness (QED) is 0.780. The normalized spacial score (nSPS) is 15.6. The highest BCUT2D eigenvalue weighted by Crippen LogP contribution is 2.32. The van der Waals surface area contributed by atoms with Crippen LogP contribution in [0.3, 0.4) is 0 Å². The Morgan fingerprint density at radius 1 is 1.32 bits per heavy atom. The summed E-state index contributed by atoms with van der Waals surface area (Å²) in [5, 5.41) is 11.5. The van der Waals surface area contributed by atoms with Crippen molar-refractivity contribution in [2.75, 3.05) is 6.61 Å². The highest BCUT2D eigenvalue weighted by atomic mass is 16.5. The Bertz CT molecular complexity index is 442. The molecule has 19 heavy (non-hydrogen) atoms. The maximum Gasteiger partial charge on any atom is 0.326 e. The Hall–Kier alpha value is -2.04. The van der Waals surface area contributed by atoms with E-state index in [-0.39, 0.29) is 24.9 Å². The van der Waals surface area contributed by atoms with Crippen molar-refractivity contribution in [3.05, 3.63) is 30.3 Å². The van der Waals surface area contributed by atoms with Gasteiger partial charge < -0.3 is 15.2 Å². The standard InChI is InChI=1S/C14H17NO4/c16-12(15-13(14(17)18)10-6-7-10)8-9-19-11-4-2-1-3-5-11/h1-5,10,13H,6-9H2,(H,15,16)(H,17,18). The second kappa shape index (κ2) is 6.22. The van der Waals surface area contributed by atoms with E-state index in [0.29, 0.717) is 5.75 Å². The van der Waals surface area contributed by atoms with Crippen molar-refractivity contribution in [1.82, 2.24) is 5.32 Å². The third-order valence-corrected chi connectivity index (χ3v) is 3.02. The van der Waals surface area contributed by atoms with E-state index in [1.165, 1.54) is 0 Å². The van der Waals surface area contributed by atoms with Crippen molar-refractivity contribution in [1.29, 1.82) is 0 Å². The van der Waals surface area contributed by atoms with E-state index in [2.05, 4.69) is 5.32 Å². The molecule has 0 aromatic heterocycles. The summed E-state index contributed by atoms with van der Waals surface area (Å²) in [7, 11) is 0. The van der Waals surface area contributed by atoms with Crippen LogP contribution in [0.2, 0.25) is 0 Å². The van der Waals surface area contributed by atoms with Crippen LogP contribution >= 0.6 is 0 Å². The van der Waals surface area contributed by atoms with E-state index in [9.17, 15) is 9.59 Å². The number of amides is 1. The maximum absolute atomic E-state index is 11.6. The van der Waals surface area contributed by atoms with E-state index in [4.69, 9.17) is 9.84 Å². The zero-order valence-electron chi connectivity index (χ0n) is 10.5. The number of aliphatic carboxylic acids is 1. The molecular formula is C14H17NO4. The fraction of sp³-hybridized carbons (Fsp3) is 0.429. The monoisotopic (exact) mass is 263 g/mol. The fourth-order valence-corrected chi connectivity index (χ4v) is 1.83. The van der Waals surface area contributed by atoms with Crippen LogP contribution < -0.4 is 10.1 Å². The summed E-state index contributed by atoms with van der Waals surface area (Å²) >= 11 is 0. The molecule has 102 valence electrons. The van der Waals surface area contributed by atoms with Gasteiger partial charge in [0.2, 0.25) is 5.91 Å². The Kier molecular flexibility index (Phi) is 4.39. The molecule has 1 fully saturated rings. The van der Waals surface area contributed by atoms with Crippen molar-refractivity contribution in [3.8, 4) is 5.75 Å². The lowest BCUT2D eigenvalue weighted by Crippen LogP contribution is -2.42. The maximum atomic E-state index is 11.6. The van der Waals surface area contributed by atoms with Crippen molar-refractivity contribution in [2.45, 2.75) is 25.3 Å². The fourth-order valence-electron chi connectivity index (χ4n) is 1.83. The van der Waals surface area contributed by atoms with Gasteiger partial charge in [-0.25, -0.2) is 4.79 Å². The van der Waals surface area contributed by atoms with Gasteiger partial charge in [-0.15, -0.1) is 0 Å². The van der Waals surface area contributed by atoms with Crippen LogP contribution in [0.4, 0.5) is 0 Å². The molecule has 0 bridgehead atoms. The van der Waals surface area contributed by atoms with Gasteiger partial charge in [-0.05, 0) is 30.9 Å². The number of nitrogens with one attached hydrogen (secondary N) is 1. The number of ether oxygens (including phenoxy) is 1. The summed E-state index contributed by atoms with van der Waals surface area (Å²) in [6, 6.07) is 8.45. The van der Waals surface area contributed by atoms with Crippen LogP contribution in [0, 0.1) is 5.92 Å². The number of hydrogen-bond donors (Lipinski definition) is 2. The smallest absolute Gasteiger partial charge is 0.326 e. The molecule has 2 rings (SSSR count). The molecular weight excluding hydrogens is 246 g/mol. The Morgan fingerprint density at radius 2 is 2.00 bits per heavy atom. The average Bonchev–Trinajstić information content (AvgIpc) is 3.21. The van der Waals surface area contributed by atoms with Crippen LogP contribution in [0.15, 0.2) is 30.3 Å². The molecule has 0 aliphatic heterocycles. The lowest BCUT2D eigenvalue weighted by molar-refractivity contribution is -0.142. The van der Waals surface area contributed by atoms with Gasteiger partial charge in [0.05, 0.1) is 13.0 Å². The van der Waals surface area contributed by atoms with Crippen molar-refractivity contribution >= 4 is 11.9 Å². The minimum Gasteiger partial charge on any atom is -0.493 e. The van der Waals surface area contributed by atoms with Crippen LogP contribution in [0.1, 0.15) is 19.3 Å². The second-order valence-corrected chi connectivity index (χ2v) is 4.63. The number of carboxylic acid groups (broad SMARTS) is 1. The van der Waals surface area contributed by atoms with Crippen molar-refractivity contribution < 1.29 is 19.4 Å². The minimum atomic E-state index is -0.958.